The Hall–Kier alpha value is -3.84. The highest BCUT2D eigenvalue weighted by Crippen LogP contribution is 2.38. The standard InChI is InChI=1S/C27H30Cl3N3O3S.C26H29Cl3N4O3S/c1-17-26(25(34)14-7-18-3-5-19(6-4-18)16-31-37(2,35)36)32-33(24-13-12-22(29)15-23(24)30)27(17)20-8-10-21(28)11-9-20;1-16-25(24(34)13-6-17-2-4-18(5-3-17)15-31-37(30,35)36)32-33(23-12-11-21(28)14-22(23)29)26(16)19-7-9-20(27)10-8-19/h8-13,15,18-19,31H,3-7,14,16H2,1-2H3;7-12,14,17-18,31H,2-6,13,15H2,1H3,(H2,30,35,36). The molecule has 0 unspecified atom stereocenters. The van der Waals surface area contributed by atoms with Crippen molar-refractivity contribution in [1.82, 2.24) is 29.0 Å². The minimum Gasteiger partial charge on any atom is -0.292 e. The highest BCUT2D eigenvalue weighted by Gasteiger charge is 2.28. The fourth-order valence-electron chi connectivity index (χ4n) is 9.93. The third-order valence-electron chi connectivity index (χ3n) is 14.0. The summed E-state index contributed by atoms with van der Waals surface area (Å²) in [4.78, 5) is 26.7. The Morgan fingerprint density at radius 3 is 1.22 bits per heavy atom. The molecule has 2 aliphatic carbocycles. The molecule has 0 amide bonds. The lowest BCUT2D eigenvalue weighted by Gasteiger charge is -2.28. The largest absolute Gasteiger partial charge is 0.292 e. The van der Waals surface area contributed by atoms with E-state index in [-0.39, 0.29) is 17.5 Å². The minimum absolute atomic E-state index is 0.00239. The fourth-order valence-corrected chi connectivity index (χ4v) is 12.2. The van der Waals surface area contributed by atoms with E-state index in [1.54, 1.807) is 70.0 Å². The first-order valence-corrected chi connectivity index (χ1v) is 30.1. The van der Waals surface area contributed by atoms with Gasteiger partial charge in [0.05, 0.1) is 39.1 Å². The molecule has 0 aliphatic heterocycles. The Morgan fingerprint density at radius 1 is 0.541 bits per heavy atom. The normalized spacial score (nSPS) is 18.2. The van der Waals surface area contributed by atoms with Gasteiger partial charge in [0.2, 0.25) is 10.0 Å². The number of sulfonamides is 1. The van der Waals surface area contributed by atoms with Crippen molar-refractivity contribution in [3.8, 4) is 33.9 Å². The van der Waals surface area contributed by atoms with Crippen LogP contribution in [0.5, 0.6) is 0 Å². The van der Waals surface area contributed by atoms with Crippen LogP contribution in [0.4, 0.5) is 0 Å². The minimum atomic E-state index is -3.67. The van der Waals surface area contributed by atoms with E-state index in [9.17, 15) is 26.4 Å². The van der Waals surface area contributed by atoms with Gasteiger partial charge < -0.3 is 0 Å². The highest BCUT2D eigenvalue weighted by atomic mass is 35.5. The van der Waals surface area contributed by atoms with Crippen molar-refractivity contribution in [1.29, 1.82) is 0 Å². The molecule has 2 heterocycles. The molecule has 2 aromatic heterocycles. The van der Waals surface area contributed by atoms with E-state index in [2.05, 4.69) is 9.44 Å². The van der Waals surface area contributed by atoms with Crippen LogP contribution in [-0.4, -0.2) is 67.3 Å². The lowest BCUT2D eigenvalue weighted by Crippen LogP contribution is -2.35. The van der Waals surface area contributed by atoms with Crippen molar-refractivity contribution in [2.75, 3.05) is 19.3 Å². The smallest absolute Gasteiger partial charge is 0.274 e. The Kier molecular flexibility index (Phi) is 20.0. The van der Waals surface area contributed by atoms with Crippen LogP contribution in [0.25, 0.3) is 33.9 Å². The van der Waals surface area contributed by atoms with Crippen LogP contribution in [0.15, 0.2) is 84.9 Å². The molecule has 0 atom stereocenters. The molecular formula is C53H59Cl6N7O6S2. The van der Waals surface area contributed by atoms with E-state index in [4.69, 9.17) is 84.9 Å². The summed E-state index contributed by atoms with van der Waals surface area (Å²) < 4.78 is 53.4. The second-order valence-corrected chi connectivity index (χ2v) is 25.2. The third-order valence-corrected chi connectivity index (χ3v) is 16.8. The first-order valence-electron chi connectivity index (χ1n) is 24.4. The lowest BCUT2D eigenvalue weighted by atomic mass is 9.79. The summed E-state index contributed by atoms with van der Waals surface area (Å²) >= 11 is 37.5. The number of nitrogens with one attached hydrogen (secondary N) is 2. The van der Waals surface area contributed by atoms with Crippen molar-refractivity contribution in [3.05, 3.63) is 138 Å². The molecule has 0 bridgehead atoms. The maximum Gasteiger partial charge on any atom is 0.274 e. The van der Waals surface area contributed by atoms with E-state index >= 15 is 0 Å². The second-order valence-electron chi connectivity index (χ2n) is 19.4. The summed E-state index contributed by atoms with van der Waals surface area (Å²) in [5.74, 6) is 1.47. The van der Waals surface area contributed by atoms with Gasteiger partial charge in [-0.1, -0.05) is 120 Å². The lowest BCUT2D eigenvalue weighted by molar-refractivity contribution is 0.0954. The molecule has 396 valence electrons. The van der Waals surface area contributed by atoms with E-state index in [1.165, 1.54) is 6.26 Å². The van der Waals surface area contributed by atoms with Crippen molar-refractivity contribution in [3.63, 3.8) is 0 Å². The predicted molar refractivity (Wildman–Crippen MR) is 300 cm³/mol. The number of ketones is 2. The van der Waals surface area contributed by atoms with E-state index in [0.29, 0.717) is 96.6 Å². The summed E-state index contributed by atoms with van der Waals surface area (Å²) in [6.45, 7) is 4.66. The number of carbonyl (C=O) groups is 2. The topological polar surface area (TPSA) is 188 Å². The summed E-state index contributed by atoms with van der Waals surface area (Å²) in [5, 5.41) is 17.6. The van der Waals surface area contributed by atoms with E-state index in [0.717, 1.165) is 97.8 Å². The Labute approximate surface area is 464 Å². The number of hydrogen-bond donors (Lipinski definition) is 3. The van der Waals surface area contributed by atoms with Crippen molar-refractivity contribution in [2.24, 2.45) is 28.8 Å². The number of rotatable bonds is 18. The SMILES string of the molecule is Cc1c(C(=O)CCC2CCC(CNS(C)(=O)=O)CC2)nn(-c2ccc(Cl)cc2Cl)c1-c1ccc(Cl)cc1.Cc1c(C(=O)CCC2CCC(CNS(N)(=O)=O)CC2)nn(-c2ccc(Cl)cc2Cl)c1-c1ccc(Cl)cc1. The van der Waals surface area contributed by atoms with Crippen LogP contribution in [-0.2, 0) is 20.2 Å². The van der Waals surface area contributed by atoms with Gasteiger partial charge in [0.1, 0.15) is 11.4 Å². The van der Waals surface area contributed by atoms with Crippen LogP contribution in [0, 0.1) is 37.5 Å². The van der Waals surface area contributed by atoms with Gasteiger partial charge in [-0.2, -0.15) is 18.6 Å². The van der Waals surface area contributed by atoms with Gasteiger partial charge in [-0.15, -0.1) is 0 Å². The number of nitrogens with two attached hydrogens (primary N) is 1. The number of aromatic nitrogens is 4. The first-order chi connectivity index (χ1) is 35.0. The molecule has 2 fully saturated rings. The zero-order valence-electron chi connectivity index (χ0n) is 41.2. The summed E-state index contributed by atoms with van der Waals surface area (Å²) in [5.41, 5.74) is 6.97. The van der Waals surface area contributed by atoms with Crippen LogP contribution in [0.1, 0.15) is 109 Å². The van der Waals surface area contributed by atoms with Crippen LogP contribution >= 0.6 is 69.6 Å². The molecule has 6 aromatic rings. The molecule has 2 saturated carbocycles. The van der Waals surface area contributed by atoms with Gasteiger partial charge in [-0.05, 0) is 137 Å². The van der Waals surface area contributed by atoms with Crippen LogP contribution < -0.4 is 14.6 Å². The number of hydrogen-bond acceptors (Lipinski definition) is 8. The highest BCUT2D eigenvalue weighted by molar-refractivity contribution is 7.88. The van der Waals surface area contributed by atoms with Crippen molar-refractivity contribution >= 4 is 101 Å². The van der Waals surface area contributed by atoms with Crippen LogP contribution in [0.3, 0.4) is 0 Å². The summed E-state index contributed by atoms with van der Waals surface area (Å²) in [6.07, 6.45) is 11.2. The average Bonchev–Trinajstić information content (AvgIpc) is 3.88. The monoisotopic (exact) mass is 1160 g/mol. The molecular weight excluding hydrogens is 1110 g/mol. The predicted octanol–water partition coefficient (Wildman–Crippen LogP) is 13.5. The van der Waals surface area contributed by atoms with Gasteiger partial charge in [0, 0.05) is 68.3 Å². The van der Waals surface area contributed by atoms with Gasteiger partial charge in [-0.25, -0.2) is 32.4 Å². The number of nitrogens with zero attached hydrogens (tertiary/aromatic N) is 4. The Morgan fingerprint density at radius 2 is 0.878 bits per heavy atom. The average molecular weight is 1170 g/mol. The zero-order valence-corrected chi connectivity index (χ0v) is 47.4. The number of Topliss-reactive ketones (excluding diaryl/α,β-unsaturated/α-hetero) is 2. The molecule has 0 spiro atoms. The number of carbonyl (C=O) groups excluding carboxylic acids is 2. The zero-order chi connectivity index (χ0) is 53.5. The molecule has 2 aliphatic rings. The summed E-state index contributed by atoms with van der Waals surface area (Å²) in [7, 11) is -6.83. The molecule has 8 rings (SSSR count). The van der Waals surface area contributed by atoms with Crippen LogP contribution in [0.2, 0.25) is 30.1 Å². The van der Waals surface area contributed by atoms with Gasteiger partial charge in [-0.3, -0.25) is 9.59 Å². The second kappa shape index (κ2) is 25.5. The number of benzene rings is 4. The maximum atomic E-state index is 13.4. The third kappa shape index (κ3) is 15.6. The Bertz CT molecular complexity index is 2980. The Balaban J connectivity index is 0.000000216. The molecule has 0 saturated heterocycles. The number of halogens is 6. The molecule has 4 aromatic carbocycles. The van der Waals surface area contributed by atoms with Gasteiger partial charge in [0.15, 0.2) is 11.6 Å². The van der Waals surface area contributed by atoms with Crippen molar-refractivity contribution in [2.45, 2.75) is 90.9 Å². The first kappa shape index (κ1) is 57.9. The van der Waals surface area contributed by atoms with E-state index in [1.807, 2.05) is 38.1 Å². The maximum absolute atomic E-state index is 13.4. The van der Waals surface area contributed by atoms with E-state index < -0.39 is 20.2 Å². The van der Waals surface area contributed by atoms with Crippen molar-refractivity contribution < 1.29 is 26.4 Å². The van der Waals surface area contributed by atoms with Gasteiger partial charge in [0.25, 0.3) is 10.2 Å². The molecule has 4 N–H and O–H groups in total. The molecule has 13 nitrogen and oxygen atoms in total. The fraction of sp³-hybridized carbons (Fsp3) is 0.396. The molecule has 74 heavy (non-hydrogen) atoms. The molecule has 0 radical (unpaired) electrons. The molecule has 21 heteroatoms. The summed E-state index contributed by atoms with van der Waals surface area (Å²) in [6, 6.07) is 25.2. The van der Waals surface area contributed by atoms with Gasteiger partial charge >= 0.3 is 0 Å². The quantitative estimate of drug-likeness (QED) is 0.0709.